The molecule has 140 valence electrons. The molecule has 2 aromatic rings. The third-order valence-electron chi connectivity index (χ3n) is 2.99. The molecule has 0 aliphatic rings. The molecule has 0 fully saturated rings. The maximum atomic E-state index is 11.7. The van der Waals surface area contributed by atoms with Gasteiger partial charge in [-0.05, 0) is 36.5 Å². The molecule has 0 saturated carbocycles. The number of anilines is 1. The van der Waals surface area contributed by atoms with E-state index < -0.39 is 16.9 Å². The number of nitrogens with zero attached hydrogens (tertiary/aromatic N) is 1. The van der Waals surface area contributed by atoms with E-state index >= 15 is 0 Å². The van der Waals surface area contributed by atoms with Gasteiger partial charge in [0.25, 0.3) is 11.6 Å². The van der Waals surface area contributed by atoms with E-state index in [0.29, 0.717) is 5.69 Å². The van der Waals surface area contributed by atoms with Gasteiger partial charge < -0.3 is 10.1 Å². The normalized spacial score (nSPS) is 9.63. The van der Waals surface area contributed by atoms with E-state index in [2.05, 4.69) is 21.5 Å². The molecule has 0 aliphatic carbocycles. The number of benzene rings is 2. The van der Waals surface area contributed by atoms with E-state index in [9.17, 15) is 19.7 Å². The fourth-order valence-corrected chi connectivity index (χ4v) is 1.97. The van der Waals surface area contributed by atoms with Crippen LogP contribution in [0, 0.1) is 10.1 Å². The van der Waals surface area contributed by atoms with E-state index in [0.717, 1.165) is 0 Å². The Kier molecular flexibility index (Phi) is 7.02. The summed E-state index contributed by atoms with van der Waals surface area (Å²) in [4.78, 5) is 33.4. The minimum Gasteiger partial charge on any atom is -0.484 e. The summed E-state index contributed by atoms with van der Waals surface area (Å²) < 4.78 is 5.19. The maximum absolute atomic E-state index is 11.7. The highest BCUT2D eigenvalue weighted by atomic mass is 32.1. The molecule has 4 N–H and O–H groups in total. The second-order valence-corrected chi connectivity index (χ2v) is 5.40. The molecule has 3 amide bonds. The number of hydrogen-bond acceptors (Lipinski definition) is 6. The lowest BCUT2D eigenvalue weighted by Crippen LogP contribution is -2.50. The van der Waals surface area contributed by atoms with E-state index in [1.165, 1.54) is 24.3 Å². The number of nitrogens with one attached hydrogen (secondary N) is 4. The molecule has 2 aromatic carbocycles. The van der Waals surface area contributed by atoms with E-state index in [-0.39, 0.29) is 23.2 Å². The highest BCUT2D eigenvalue weighted by molar-refractivity contribution is 7.80. The average Bonchev–Trinajstić information content (AvgIpc) is 2.66. The van der Waals surface area contributed by atoms with Crippen molar-refractivity contribution in [3.05, 3.63) is 64.7 Å². The molecule has 11 heteroatoms. The van der Waals surface area contributed by atoms with Crippen molar-refractivity contribution >= 4 is 40.6 Å². The first-order valence-corrected chi connectivity index (χ1v) is 7.94. The number of carbonyl (C=O) groups is 2. The fraction of sp³-hybridized carbons (Fsp3) is 0.0625. The van der Waals surface area contributed by atoms with Crippen LogP contribution in [0.2, 0.25) is 0 Å². The zero-order valence-corrected chi connectivity index (χ0v) is 14.6. The number of nitro groups is 1. The van der Waals surface area contributed by atoms with Gasteiger partial charge in [0.2, 0.25) is 0 Å². The number of non-ortho nitro benzene ring substituents is 1. The highest BCUT2D eigenvalue weighted by Gasteiger charge is 2.08. The average molecular weight is 389 g/mol. The SMILES string of the molecule is O=C(COc1ccc([N+](=O)[O-])cc1)NC(=S)NNC(=O)Nc1ccccc1. The summed E-state index contributed by atoms with van der Waals surface area (Å²) in [6.07, 6.45) is 0. The van der Waals surface area contributed by atoms with Gasteiger partial charge in [0.1, 0.15) is 5.75 Å². The number of para-hydroxylation sites is 1. The van der Waals surface area contributed by atoms with Crippen LogP contribution in [-0.4, -0.2) is 28.6 Å². The van der Waals surface area contributed by atoms with Crippen molar-refractivity contribution < 1.29 is 19.2 Å². The molecule has 0 heterocycles. The monoisotopic (exact) mass is 389 g/mol. The van der Waals surface area contributed by atoms with Crippen LogP contribution >= 0.6 is 12.2 Å². The lowest BCUT2D eigenvalue weighted by Gasteiger charge is -2.12. The minimum atomic E-state index is -0.573. The standard InChI is InChI=1S/C16H15N5O5S/c22-14(10-26-13-8-6-12(7-9-13)21(24)25)18-16(27)20-19-15(23)17-11-4-2-1-3-5-11/h1-9H,10H2,(H2,17,19,23)(H2,18,20,22,27). The number of urea groups is 1. The molecule has 0 bridgehead atoms. The van der Waals surface area contributed by atoms with Crippen LogP contribution in [0.1, 0.15) is 0 Å². The topological polar surface area (TPSA) is 135 Å². The molecule has 0 aliphatic heterocycles. The molecule has 0 aromatic heterocycles. The number of rotatable bonds is 5. The molecular formula is C16H15N5O5S. The van der Waals surface area contributed by atoms with Crippen LogP contribution in [0.5, 0.6) is 5.75 Å². The summed E-state index contributed by atoms with van der Waals surface area (Å²) in [5, 5.41) is 15.3. The summed E-state index contributed by atoms with van der Waals surface area (Å²) in [7, 11) is 0. The van der Waals surface area contributed by atoms with Crippen molar-refractivity contribution in [2.45, 2.75) is 0 Å². The first-order valence-electron chi connectivity index (χ1n) is 7.53. The van der Waals surface area contributed by atoms with Gasteiger partial charge in [-0.3, -0.25) is 25.7 Å². The van der Waals surface area contributed by atoms with Crippen molar-refractivity contribution in [2.24, 2.45) is 0 Å². The summed E-state index contributed by atoms with van der Waals surface area (Å²) >= 11 is 4.87. The first kappa shape index (κ1) is 19.6. The number of amides is 3. The van der Waals surface area contributed by atoms with Gasteiger partial charge >= 0.3 is 6.03 Å². The Hall–Kier alpha value is -3.73. The molecule has 0 radical (unpaired) electrons. The third-order valence-corrected chi connectivity index (χ3v) is 3.20. The summed E-state index contributed by atoms with van der Waals surface area (Å²) in [5.41, 5.74) is 5.13. The van der Waals surface area contributed by atoms with Crippen LogP contribution < -0.4 is 26.2 Å². The van der Waals surface area contributed by atoms with E-state index in [1.54, 1.807) is 24.3 Å². The van der Waals surface area contributed by atoms with Crippen molar-refractivity contribution in [2.75, 3.05) is 11.9 Å². The summed E-state index contributed by atoms with van der Waals surface area (Å²) in [5.74, 6) is -0.286. The number of carbonyl (C=O) groups excluding carboxylic acids is 2. The van der Waals surface area contributed by atoms with Crippen LogP contribution in [-0.2, 0) is 4.79 Å². The van der Waals surface area contributed by atoms with E-state index in [4.69, 9.17) is 17.0 Å². The molecule has 2 rings (SSSR count). The second-order valence-electron chi connectivity index (χ2n) is 4.99. The zero-order chi connectivity index (χ0) is 19.6. The first-order chi connectivity index (χ1) is 12.9. The Bertz CT molecular complexity index is 829. The molecular weight excluding hydrogens is 374 g/mol. The van der Waals surface area contributed by atoms with Gasteiger partial charge in [-0.15, -0.1) is 0 Å². The smallest absolute Gasteiger partial charge is 0.337 e. The Morgan fingerprint density at radius 2 is 1.70 bits per heavy atom. The molecule has 0 unspecified atom stereocenters. The van der Waals surface area contributed by atoms with Crippen molar-refractivity contribution in [1.82, 2.24) is 16.2 Å². The molecule has 0 spiro atoms. The Morgan fingerprint density at radius 1 is 1.04 bits per heavy atom. The van der Waals surface area contributed by atoms with Gasteiger partial charge in [0.15, 0.2) is 11.7 Å². The van der Waals surface area contributed by atoms with Crippen molar-refractivity contribution in [3.8, 4) is 5.75 Å². The fourth-order valence-electron chi connectivity index (χ4n) is 1.80. The molecule has 10 nitrogen and oxygen atoms in total. The lowest BCUT2D eigenvalue weighted by molar-refractivity contribution is -0.384. The van der Waals surface area contributed by atoms with Gasteiger partial charge in [-0.1, -0.05) is 18.2 Å². The molecule has 27 heavy (non-hydrogen) atoms. The third kappa shape index (κ3) is 6.96. The van der Waals surface area contributed by atoms with Crippen LogP contribution in [0.4, 0.5) is 16.2 Å². The Morgan fingerprint density at radius 3 is 2.33 bits per heavy atom. The predicted octanol–water partition coefficient (Wildman–Crippen LogP) is 1.70. The maximum Gasteiger partial charge on any atom is 0.337 e. The number of hydrazine groups is 1. The van der Waals surface area contributed by atoms with Gasteiger partial charge in [0.05, 0.1) is 4.92 Å². The highest BCUT2D eigenvalue weighted by Crippen LogP contribution is 2.16. The lowest BCUT2D eigenvalue weighted by atomic mass is 10.3. The number of thiocarbonyl (C=S) groups is 1. The van der Waals surface area contributed by atoms with Gasteiger partial charge in [0, 0.05) is 17.8 Å². The number of hydrogen-bond donors (Lipinski definition) is 4. The van der Waals surface area contributed by atoms with Crippen LogP contribution in [0.3, 0.4) is 0 Å². The quantitative estimate of drug-likeness (QED) is 0.347. The minimum absolute atomic E-state index is 0.0861. The Balaban J connectivity index is 1.68. The summed E-state index contributed by atoms with van der Waals surface area (Å²) in [6.45, 7) is -0.365. The van der Waals surface area contributed by atoms with Crippen LogP contribution in [0.15, 0.2) is 54.6 Å². The Labute approximate surface area is 159 Å². The van der Waals surface area contributed by atoms with Crippen molar-refractivity contribution in [3.63, 3.8) is 0 Å². The number of ether oxygens (including phenoxy) is 1. The largest absolute Gasteiger partial charge is 0.484 e. The summed E-state index contributed by atoms with van der Waals surface area (Å²) in [6, 6.07) is 13.4. The molecule has 0 saturated heterocycles. The number of nitro benzene ring substituents is 1. The van der Waals surface area contributed by atoms with Gasteiger partial charge in [-0.2, -0.15) is 0 Å². The zero-order valence-electron chi connectivity index (χ0n) is 13.8. The molecule has 0 atom stereocenters. The second kappa shape index (κ2) is 9.68. The predicted molar refractivity (Wildman–Crippen MR) is 101 cm³/mol. The van der Waals surface area contributed by atoms with Gasteiger partial charge in [-0.25, -0.2) is 10.2 Å². The van der Waals surface area contributed by atoms with Crippen LogP contribution in [0.25, 0.3) is 0 Å². The van der Waals surface area contributed by atoms with E-state index in [1.807, 2.05) is 6.07 Å². The van der Waals surface area contributed by atoms with Crippen molar-refractivity contribution in [1.29, 1.82) is 0 Å².